The minimum Gasteiger partial charge on any atom is -0.465 e. The van der Waals surface area contributed by atoms with E-state index in [0.29, 0.717) is 5.56 Å². The predicted molar refractivity (Wildman–Crippen MR) is 68.5 cm³/mol. The van der Waals surface area contributed by atoms with Crippen molar-refractivity contribution in [2.45, 2.75) is 0 Å². The van der Waals surface area contributed by atoms with Crippen molar-refractivity contribution in [2.24, 2.45) is 0 Å². The molecule has 0 N–H and O–H groups in total. The maximum Gasteiger partial charge on any atom is 0.337 e. The number of ether oxygens (including phenoxy) is 1. The van der Waals surface area contributed by atoms with Crippen LogP contribution in [-0.2, 0) is 4.74 Å². The molecule has 0 aliphatic heterocycles. The van der Waals surface area contributed by atoms with E-state index in [9.17, 15) is 4.79 Å². The van der Waals surface area contributed by atoms with E-state index < -0.39 is 0 Å². The molecule has 2 aromatic carbocycles. The number of carbonyl (C=O) groups excluding carboxylic acids is 1. The summed E-state index contributed by atoms with van der Waals surface area (Å²) in [7, 11) is 1.39. The Kier molecular flexibility index (Phi) is 2.30. The molecule has 0 unspecified atom stereocenters. The van der Waals surface area contributed by atoms with Gasteiger partial charge < -0.3 is 4.74 Å². The zero-order valence-electron chi connectivity index (χ0n) is 9.14. The summed E-state index contributed by atoms with van der Waals surface area (Å²) in [5.74, 6) is -0.309. The van der Waals surface area contributed by atoms with E-state index in [4.69, 9.17) is 4.74 Å². The fourth-order valence-corrected chi connectivity index (χ4v) is 2.72. The van der Waals surface area contributed by atoms with Crippen molar-refractivity contribution in [2.75, 3.05) is 7.11 Å². The summed E-state index contributed by atoms with van der Waals surface area (Å²) in [5, 5.41) is 2.15. The molecule has 3 aromatic rings. The van der Waals surface area contributed by atoms with Gasteiger partial charge in [0.1, 0.15) is 0 Å². The monoisotopic (exact) mass is 243 g/mol. The number of esters is 1. The third-order valence-electron chi connectivity index (χ3n) is 2.73. The van der Waals surface area contributed by atoms with Crippen molar-refractivity contribution in [3.63, 3.8) is 0 Å². The van der Waals surface area contributed by atoms with Crippen LogP contribution in [-0.4, -0.2) is 18.1 Å². The molecule has 0 aliphatic rings. The number of thiazole rings is 1. The fourth-order valence-electron chi connectivity index (χ4n) is 1.90. The molecule has 84 valence electrons. The van der Waals surface area contributed by atoms with Crippen LogP contribution in [0.2, 0.25) is 0 Å². The molecule has 3 nitrogen and oxygen atoms in total. The van der Waals surface area contributed by atoms with Crippen LogP contribution in [0.3, 0.4) is 0 Å². The molecule has 1 aromatic heterocycles. The number of hydrogen-bond donors (Lipinski definition) is 0. The first kappa shape index (κ1) is 10.2. The molecule has 3 rings (SSSR count). The molecule has 0 bridgehead atoms. The molecule has 17 heavy (non-hydrogen) atoms. The average molecular weight is 243 g/mol. The average Bonchev–Trinajstić information content (AvgIpc) is 2.85. The summed E-state index contributed by atoms with van der Waals surface area (Å²) in [6, 6.07) is 9.52. The lowest BCUT2D eigenvalue weighted by Crippen LogP contribution is -2.00. The van der Waals surface area contributed by atoms with Gasteiger partial charge in [0.25, 0.3) is 0 Å². The summed E-state index contributed by atoms with van der Waals surface area (Å²) in [4.78, 5) is 15.7. The van der Waals surface area contributed by atoms with Gasteiger partial charge in [0.05, 0.1) is 28.4 Å². The van der Waals surface area contributed by atoms with E-state index in [2.05, 4.69) is 4.98 Å². The highest BCUT2D eigenvalue weighted by molar-refractivity contribution is 7.17. The summed E-state index contributed by atoms with van der Waals surface area (Å²) < 4.78 is 5.86. The molecule has 1 heterocycles. The molecule has 0 saturated heterocycles. The molecular weight excluding hydrogens is 234 g/mol. The van der Waals surface area contributed by atoms with Gasteiger partial charge in [-0.3, -0.25) is 0 Å². The maximum atomic E-state index is 11.4. The van der Waals surface area contributed by atoms with Crippen molar-refractivity contribution in [3.05, 3.63) is 41.4 Å². The van der Waals surface area contributed by atoms with Crippen molar-refractivity contribution in [3.8, 4) is 0 Å². The molecule has 0 saturated carbocycles. The molecular formula is C13H9NO2S. The molecule has 0 radical (unpaired) electrons. The second kappa shape index (κ2) is 3.82. The second-order valence-electron chi connectivity index (χ2n) is 3.69. The van der Waals surface area contributed by atoms with E-state index in [1.54, 1.807) is 17.4 Å². The number of aromatic nitrogens is 1. The Bertz CT molecular complexity index is 718. The molecule has 0 fully saturated rings. The minimum absolute atomic E-state index is 0.309. The highest BCUT2D eigenvalue weighted by atomic mass is 32.1. The van der Waals surface area contributed by atoms with Crippen LogP contribution < -0.4 is 0 Å². The fraction of sp³-hybridized carbons (Fsp3) is 0.0769. The Morgan fingerprint density at radius 2 is 2.18 bits per heavy atom. The van der Waals surface area contributed by atoms with E-state index >= 15 is 0 Å². The Morgan fingerprint density at radius 3 is 3.00 bits per heavy atom. The van der Waals surface area contributed by atoms with E-state index in [1.165, 1.54) is 7.11 Å². The van der Waals surface area contributed by atoms with Crippen molar-refractivity contribution in [1.82, 2.24) is 4.98 Å². The number of methoxy groups -OCH3 is 1. The van der Waals surface area contributed by atoms with Crippen molar-refractivity contribution >= 4 is 38.3 Å². The topological polar surface area (TPSA) is 39.2 Å². The smallest absolute Gasteiger partial charge is 0.337 e. The van der Waals surface area contributed by atoms with Crippen molar-refractivity contribution < 1.29 is 9.53 Å². The van der Waals surface area contributed by atoms with Crippen molar-refractivity contribution in [1.29, 1.82) is 0 Å². The number of benzene rings is 2. The second-order valence-corrected chi connectivity index (χ2v) is 4.55. The van der Waals surface area contributed by atoms with Crippen LogP contribution in [0.5, 0.6) is 0 Å². The SMILES string of the molecule is COC(=O)c1ccc2c(ccc3ncsc32)c1. The zero-order valence-corrected chi connectivity index (χ0v) is 9.95. The third kappa shape index (κ3) is 1.57. The highest BCUT2D eigenvalue weighted by Gasteiger charge is 2.08. The predicted octanol–water partition coefficient (Wildman–Crippen LogP) is 3.24. The lowest BCUT2D eigenvalue weighted by atomic mass is 10.1. The summed E-state index contributed by atoms with van der Waals surface area (Å²) >= 11 is 1.61. The van der Waals surface area contributed by atoms with Gasteiger partial charge >= 0.3 is 5.97 Å². The van der Waals surface area contributed by atoms with Gasteiger partial charge in [-0.15, -0.1) is 11.3 Å². The van der Waals surface area contributed by atoms with E-state index in [1.807, 2.05) is 29.8 Å². The quantitative estimate of drug-likeness (QED) is 0.616. The summed E-state index contributed by atoms with van der Waals surface area (Å²) in [6.45, 7) is 0. The summed E-state index contributed by atoms with van der Waals surface area (Å²) in [6.07, 6.45) is 0. The van der Waals surface area contributed by atoms with Gasteiger partial charge in [-0.1, -0.05) is 12.1 Å². The molecule has 0 atom stereocenters. The first-order valence-electron chi connectivity index (χ1n) is 5.14. The Balaban J connectivity index is 2.30. The van der Waals surface area contributed by atoms with Gasteiger partial charge in [-0.05, 0) is 23.6 Å². The van der Waals surface area contributed by atoms with E-state index in [-0.39, 0.29) is 5.97 Å². The third-order valence-corrected chi connectivity index (χ3v) is 3.61. The van der Waals surface area contributed by atoms with Crippen LogP contribution in [0.4, 0.5) is 0 Å². The van der Waals surface area contributed by atoms with Gasteiger partial charge in [-0.2, -0.15) is 0 Å². The lowest BCUT2D eigenvalue weighted by molar-refractivity contribution is 0.0601. The molecule has 0 amide bonds. The van der Waals surface area contributed by atoms with Crippen LogP contribution in [0.15, 0.2) is 35.8 Å². The van der Waals surface area contributed by atoms with Crippen LogP contribution in [0.1, 0.15) is 10.4 Å². The van der Waals surface area contributed by atoms with Crippen LogP contribution in [0.25, 0.3) is 21.0 Å². The first-order chi connectivity index (χ1) is 8.29. The van der Waals surface area contributed by atoms with Crippen LogP contribution >= 0.6 is 11.3 Å². The van der Waals surface area contributed by atoms with E-state index in [0.717, 1.165) is 21.0 Å². The minimum atomic E-state index is -0.309. The number of rotatable bonds is 1. The van der Waals surface area contributed by atoms with Gasteiger partial charge in [0.2, 0.25) is 0 Å². The number of carbonyl (C=O) groups is 1. The number of nitrogens with zero attached hydrogens (tertiary/aromatic N) is 1. The Hall–Kier alpha value is -1.94. The molecule has 0 spiro atoms. The van der Waals surface area contributed by atoms with Gasteiger partial charge in [-0.25, -0.2) is 9.78 Å². The number of fused-ring (bicyclic) bond motifs is 3. The summed E-state index contributed by atoms with van der Waals surface area (Å²) in [5.41, 5.74) is 3.40. The standard InChI is InChI=1S/C13H9NO2S/c1-16-13(15)9-2-4-10-8(6-9)3-5-11-12(10)17-7-14-11/h2-7H,1H3. The van der Waals surface area contributed by atoms with Gasteiger partial charge in [0.15, 0.2) is 0 Å². The largest absolute Gasteiger partial charge is 0.465 e. The zero-order chi connectivity index (χ0) is 11.8. The Labute approximate surface area is 102 Å². The number of hydrogen-bond acceptors (Lipinski definition) is 4. The highest BCUT2D eigenvalue weighted by Crippen LogP contribution is 2.28. The molecule has 4 heteroatoms. The lowest BCUT2D eigenvalue weighted by Gasteiger charge is -2.02. The first-order valence-corrected chi connectivity index (χ1v) is 6.02. The molecule has 0 aliphatic carbocycles. The Morgan fingerprint density at radius 1 is 1.29 bits per heavy atom. The van der Waals surface area contributed by atoms with Crippen LogP contribution in [0, 0.1) is 0 Å². The van der Waals surface area contributed by atoms with Gasteiger partial charge in [0, 0.05) is 5.39 Å². The maximum absolute atomic E-state index is 11.4. The normalized spacial score (nSPS) is 10.9.